The highest BCUT2D eigenvalue weighted by atomic mass is 35.5. The van der Waals surface area contributed by atoms with Gasteiger partial charge in [0.15, 0.2) is 0 Å². The summed E-state index contributed by atoms with van der Waals surface area (Å²) < 4.78 is 0. The zero-order valence-corrected chi connectivity index (χ0v) is 15.5. The van der Waals surface area contributed by atoms with Crippen LogP contribution in [0.25, 0.3) is 0 Å². The zero-order chi connectivity index (χ0) is 16.8. The summed E-state index contributed by atoms with van der Waals surface area (Å²) in [5, 5.41) is 4.07. The first kappa shape index (κ1) is 17.7. The molecule has 0 aliphatic carbocycles. The molecule has 0 unspecified atom stereocenters. The lowest BCUT2D eigenvalue weighted by Gasteiger charge is -2.13. The minimum Gasteiger partial charge on any atom is -0.366 e. The number of aliphatic imine (C=N–C) groups is 1. The molecule has 0 aliphatic heterocycles. The molecule has 0 bridgehead atoms. The number of nitrogens with one attached hydrogen (secondary N) is 1. The van der Waals surface area contributed by atoms with Crippen molar-refractivity contribution in [1.29, 1.82) is 0 Å². The van der Waals surface area contributed by atoms with Gasteiger partial charge in [0.2, 0.25) is 0 Å². The Balaban J connectivity index is 2.24. The third kappa shape index (κ3) is 4.91. The second-order valence-corrected chi connectivity index (χ2v) is 6.58. The third-order valence-corrected chi connectivity index (χ3v) is 4.56. The van der Waals surface area contributed by atoms with Gasteiger partial charge in [0.05, 0.1) is 17.0 Å². The number of halogens is 1. The molecular formula is C18H22ClN3S. The van der Waals surface area contributed by atoms with E-state index in [1.165, 1.54) is 4.90 Å². The number of nitrogens with zero attached hydrogens (tertiary/aromatic N) is 2. The van der Waals surface area contributed by atoms with Crippen LogP contribution in [-0.2, 0) is 0 Å². The molecule has 0 fully saturated rings. The molecule has 0 amide bonds. The SMILES string of the molecule is CCN(C)C=Nc1cc(C)c(Nc2cccc(SC)c2)cc1Cl. The number of aryl methyl sites for hydroxylation is 1. The van der Waals surface area contributed by atoms with E-state index in [1.54, 1.807) is 18.1 Å². The number of thioether (sulfide) groups is 1. The lowest BCUT2D eigenvalue weighted by Crippen LogP contribution is -2.14. The van der Waals surface area contributed by atoms with E-state index in [-0.39, 0.29) is 0 Å². The molecule has 0 aromatic heterocycles. The highest BCUT2D eigenvalue weighted by Gasteiger charge is 2.06. The first-order valence-electron chi connectivity index (χ1n) is 7.49. The maximum absolute atomic E-state index is 6.38. The zero-order valence-electron chi connectivity index (χ0n) is 13.9. The van der Waals surface area contributed by atoms with Gasteiger partial charge < -0.3 is 10.2 Å². The molecule has 0 saturated heterocycles. The van der Waals surface area contributed by atoms with Crippen LogP contribution in [0.3, 0.4) is 0 Å². The molecule has 0 aliphatic rings. The fourth-order valence-corrected chi connectivity index (χ4v) is 2.67. The molecule has 2 aromatic carbocycles. The number of anilines is 2. The van der Waals surface area contributed by atoms with E-state index in [0.717, 1.165) is 29.2 Å². The maximum Gasteiger partial charge on any atom is 0.0910 e. The van der Waals surface area contributed by atoms with Crippen LogP contribution >= 0.6 is 23.4 Å². The van der Waals surface area contributed by atoms with Crippen LogP contribution in [0.15, 0.2) is 46.3 Å². The predicted molar refractivity (Wildman–Crippen MR) is 104 cm³/mol. The summed E-state index contributed by atoms with van der Waals surface area (Å²) in [4.78, 5) is 7.68. The van der Waals surface area contributed by atoms with Gasteiger partial charge in [-0.2, -0.15) is 0 Å². The first-order valence-corrected chi connectivity index (χ1v) is 9.09. The van der Waals surface area contributed by atoms with Crippen molar-refractivity contribution in [3.63, 3.8) is 0 Å². The largest absolute Gasteiger partial charge is 0.366 e. The maximum atomic E-state index is 6.38. The number of hydrogen-bond donors (Lipinski definition) is 1. The van der Waals surface area contributed by atoms with Crippen LogP contribution in [0, 0.1) is 6.92 Å². The first-order chi connectivity index (χ1) is 11.0. The Morgan fingerprint density at radius 2 is 2.09 bits per heavy atom. The van der Waals surface area contributed by atoms with Gasteiger partial charge in [-0.15, -0.1) is 11.8 Å². The average Bonchev–Trinajstić information content (AvgIpc) is 2.56. The van der Waals surface area contributed by atoms with Crippen molar-refractivity contribution in [2.75, 3.05) is 25.2 Å². The predicted octanol–water partition coefficient (Wildman–Crippen LogP) is 5.73. The van der Waals surface area contributed by atoms with Crippen molar-refractivity contribution in [3.05, 3.63) is 47.0 Å². The van der Waals surface area contributed by atoms with Crippen molar-refractivity contribution >= 4 is 46.8 Å². The van der Waals surface area contributed by atoms with Gasteiger partial charge >= 0.3 is 0 Å². The standard InChI is InChI=1S/C18H22ClN3S/c1-5-22(3)12-20-18-9-13(2)17(11-16(18)19)21-14-7-6-8-15(10-14)23-4/h6-12,21H,5H2,1-4H3. The van der Waals surface area contributed by atoms with Crippen molar-refractivity contribution < 1.29 is 0 Å². The summed E-state index contributed by atoms with van der Waals surface area (Å²) in [6.07, 6.45) is 3.87. The Morgan fingerprint density at radius 1 is 1.30 bits per heavy atom. The molecule has 2 rings (SSSR count). The number of hydrogen-bond acceptors (Lipinski definition) is 3. The molecule has 0 atom stereocenters. The minimum atomic E-state index is 0.639. The second kappa shape index (κ2) is 8.27. The molecule has 0 spiro atoms. The van der Waals surface area contributed by atoms with Crippen molar-refractivity contribution in [2.45, 2.75) is 18.7 Å². The van der Waals surface area contributed by atoms with Crippen molar-refractivity contribution in [1.82, 2.24) is 4.90 Å². The van der Waals surface area contributed by atoms with Gasteiger partial charge in [-0.05, 0) is 56.0 Å². The van der Waals surface area contributed by atoms with Gasteiger partial charge in [-0.1, -0.05) is 17.7 Å². The van der Waals surface area contributed by atoms with Crippen LogP contribution in [0.5, 0.6) is 0 Å². The van der Waals surface area contributed by atoms with Crippen LogP contribution in [-0.4, -0.2) is 31.1 Å². The van der Waals surface area contributed by atoms with Crippen molar-refractivity contribution in [3.8, 4) is 0 Å². The van der Waals surface area contributed by atoms with Crippen molar-refractivity contribution in [2.24, 2.45) is 4.99 Å². The van der Waals surface area contributed by atoms with Gasteiger partial charge in [0.1, 0.15) is 0 Å². The number of rotatable bonds is 6. The van der Waals surface area contributed by atoms with Crippen LogP contribution < -0.4 is 5.32 Å². The minimum absolute atomic E-state index is 0.639. The summed E-state index contributed by atoms with van der Waals surface area (Å²) in [5.74, 6) is 0. The smallest absolute Gasteiger partial charge is 0.0910 e. The Labute approximate surface area is 147 Å². The lowest BCUT2D eigenvalue weighted by atomic mass is 10.1. The van der Waals surface area contributed by atoms with Crippen LogP contribution in [0.4, 0.5) is 17.1 Å². The molecule has 23 heavy (non-hydrogen) atoms. The van der Waals surface area contributed by atoms with Gasteiger partial charge in [-0.25, -0.2) is 4.99 Å². The van der Waals surface area contributed by atoms with E-state index in [4.69, 9.17) is 11.6 Å². The molecule has 2 aromatic rings. The number of benzene rings is 2. The average molecular weight is 348 g/mol. The topological polar surface area (TPSA) is 27.6 Å². The Morgan fingerprint density at radius 3 is 2.78 bits per heavy atom. The Bertz CT molecular complexity index is 701. The summed E-state index contributed by atoms with van der Waals surface area (Å²) in [5.41, 5.74) is 3.94. The fourth-order valence-electron chi connectivity index (χ4n) is 2.00. The summed E-state index contributed by atoms with van der Waals surface area (Å²) in [6, 6.07) is 12.3. The molecule has 122 valence electrons. The quantitative estimate of drug-likeness (QED) is 0.411. The third-order valence-electron chi connectivity index (χ3n) is 3.54. The lowest BCUT2D eigenvalue weighted by molar-refractivity contribution is 0.552. The van der Waals surface area contributed by atoms with Crippen LogP contribution in [0.1, 0.15) is 12.5 Å². The molecule has 0 saturated carbocycles. The highest BCUT2D eigenvalue weighted by molar-refractivity contribution is 7.98. The molecule has 0 heterocycles. The highest BCUT2D eigenvalue weighted by Crippen LogP contribution is 2.33. The van der Waals surface area contributed by atoms with E-state index in [0.29, 0.717) is 5.02 Å². The summed E-state index contributed by atoms with van der Waals surface area (Å²) >= 11 is 8.10. The monoisotopic (exact) mass is 347 g/mol. The Kier molecular flexibility index (Phi) is 6.37. The molecular weight excluding hydrogens is 326 g/mol. The van der Waals surface area contributed by atoms with E-state index >= 15 is 0 Å². The molecule has 3 nitrogen and oxygen atoms in total. The second-order valence-electron chi connectivity index (χ2n) is 5.29. The normalized spacial score (nSPS) is 11.0. The summed E-state index contributed by atoms with van der Waals surface area (Å²) in [6.45, 7) is 5.04. The van der Waals surface area contributed by atoms with E-state index in [1.807, 2.05) is 30.1 Å². The van der Waals surface area contributed by atoms with E-state index < -0.39 is 0 Å². The molecule has 1 N–H and O–H groups in total. The van der Waals surface area contributed by atoms with E-state index in [9.17, 15) is 0 Å². The fraction of sp³-hybridized carbons (Fsp3) is 0.278. The molecule has 0 radical (unpaired) electrons. The van der Waals surface area contributed by atoms with Crippen LogP contribution in [0.2, 0.25) is 5.02 Å². The van der Waals surface area contributed by atoms with Gasteiger partial charge in [-0.3, -0.25) is 0 Å². The molecule has 5 heteroatoms. The van der Waals surface area contributed by atoms with Gasteiger partial charge in [0, 0.05) is 29.9 Å². The van der Waals surface area contributed by atoms with E-state index in [2.05, 4.69) is 48.6 Å². The Hall–Kier alpha value is -1.65. The summed E-state index contributed by atoms with van der Waals surface area (Å²) in [7, 11) is 1.99. The van der Waals surface area contributed by atoms with Gasteiger partial charge in [0.25, 0.3) is 0 Å².